The van der Waals surface area contributed by atoms with E-state index < -0.39 is 0 Å². The zero-order valence-electron chi connectivity index (χ0n) is 11.8. The fourth-order valence-electron chi connectivity index (χ4n) is 1.60. The molecule has 1 atom stereocenters. The molecule has 0 saturated carbocycles. The molecular weight excluding hydrogens is 264 g/mol. The normalized spacial score (nSPS) is 12.5. The van der Waals surface area contributed by atoms with E-state index in [9.17, 15) is 9.59 Å². The molecule has 1 aromatic heterocycles. The second-order valence-electron chi connectivity index (χ2n) is 4.79. The molecule has 0 aliphatic heterocycles. The Labute approximate surface area is 117 Å². The smallest absolute Gasteiger partial charge is 0.306 e. The van der Waals surface area contributed by atoms with Gasteiger partial charge in [-0.3, -0.25) is 9.59 Å². The number of ether oxygens (including phenoxy) is 1. The van der Waals surface area contributed by atoms with Crippen molar-refractivity contribution in [3.8, 4) is 0 Å². The van der Waals surface area contributed by atoms with Crippen LogP contribution in [-0.4, -0.2) is 27.9 Å². The molecule has 1 unspecified atom stereocenters. The molecule has 1 heterocycles. The SMILES string of the molecule is COC(=O)CC(C)Sc1nccn(CC(C)C)c1=O. The fourth-order valence-corrected chi connectivity index (χ4v) is 2.54. The Hall–Kier alpha value is -1.30. The molecule has 0 aliphatic carbocycles. The van der Waals surface area contributed by atoms with Crippen molar-refractivity contribution >= 4 is 17.7 Å². The van der Waals surface area contributed by atoms with Gasteiger partial charge in [-0.2, -0.15) is 0 Å². The van der Waals surface area contributed by atoms with Crippen LogP contribution in [0.4, 0.5) is 0 Å². The van der Waals surface area contributed by atoms with Gasteiger partial charge in [0.15, 0.2) is 5.03 Å². The van der Waals surface area contributed by atoms with E-state index in [-0.39, 0.29) is 23.2 Å². The van der Waals surface area contributed by atoms with Crippen LogP contribution in [0.5, 0.6) is 0 Å². The standard InChI is InChI=1S/C13H20N2O3S/c1-9(2)8-15-6-5-14-12(13(15)17)19-10(3)7-11(16)18-4/h5-6,9-10H,7-8H2,1-4H3. The third-order valence-electron chi connectivity index (χ3n) is 2.44. The number of hydrogen-bond acceptors (Lipinski definition) is 5. The van der Waals surface area contributed by atoms with Gasteiger partial charge in [-0.25, -0.2) is 4.98 Å². The summed E-state index contributed by atoms with van der Waals surface area (Å²) in [4.78, 5) is 27.4. The first-order valence-electron chi connectivity index (χ1n) is 6.23. The minimum atomic E-state index is -0.279. The van der Waals surface area contributed by atoms with Crippen molar-refractivity contribution in [3.63, 3.8) is 0 Å². The molecule has 0 bridgehead atoms. The number of rotatable bonds is 6. The molecular formula is C13H20N2O3S. The number of aromatic nitrogens is 2. The molecule has 106 valence electrons. The summed E-state index contributed by atoms with van der Waals surface area (Å²) in [7, 11) is 1.36. The largest absolute Gasteiger partial charge is 0.469 e. The van der Waals surface area contributed by atoms with Gasteiger partial charge in [0, 0.05) is 24.2 Å². The van der Waals surface area contributed by atoms with Gasteiger partial charge < -0.3 is 9.30 Å². The first kappa shape index (κ1) is 15.8. The van der Waals surface area contributed by atoms with E-state index in [4.69, 9.17) is 0 Å². The molecule has 6 heteroatoms. The molecule has 0 spiro atoms. The molecule has 5 nitrogen and oxygen atoms in total. The Morgan fingerprint density at radius 2 is 2.16 bits per heavy atom. The molecule has 0 aromatic carbocycles. The highest BCUT2D eigenvalue weighted by Gasteiger charge is 2.14. The van der Waals surface area contributed by atoms with Crippen LogP contribution in [-0.2, 0) is 16.1 Å². The highest BCUT2D eigenvalue weighted by molar-refractivity contribution is 7.99. The van der Waals surface area contributed by atoms with Crippen LogP contribution in [0, 0.1) is 5.92 Å². The minimum Gasteiger partial charge on any atom is -0.469 e. The van der Waals surface area contributed by atoms with Gasteiger partial charge in [0.05, 0.1) is 13.5 Å². The summed E-state index contributed by atoms with van der Waals surface area (Å²) < 4.78 is 6.27. The Bertz CT molecular complexity index is 485. The summed E-state index contributed by atoms with van der Waals surface area (Å²) in [6.07, 6.45) is 3.58. The molecule has 0 aliphatic rings. The molecule has 1 rings (SSSR count). The van der Waals surface area contributed by atoms with E-state index >= 15 is 0 Å². The Morgan fingerprint density at radius 3 is 2.74 bits per heavy atom. The van der Waals surface area contributed by atoms with Gasteiger partial charge in [0.2, 0.25) is 0 Å². The summed E-state index contributed by atoms with van der Waals surface area (Å²) in [6, 6.07) is 0. The van der Waals surface area contributed by atoms with Gasteiger partial charge >= 0.3 is 5.97 Å². The van der Waals surface area contributed by atoms with Crippen LogP contribution < -0.4 is 5.56 Å². The number of methoxy groups -OCH3 is 1. The number of thioether (sulfide) groups is 1. The Kier molecular flexibility index (Phi) is 6.08. The number of nitrogens with zero attached hydrogens (tertiary/aromatic N) is 2. The van der Waals surface area contributed by atoms with Gasteiger partial charge in [-0.05, 0) is 5.92 Å². The topological polar surface area (TPSA) is 61.2 Å². The predicted molar refractivity (Wildman–Crippen MR) is 75.3 cm³/mol. The maximum atomic E-state index is 12.2. The Morgan fingerprint density at radius 1 is 1.47 bits per heavy atom. The Balaban J connectivity index is 2.79. The van der Waals surface area contributed by atoms with Gasteiger partial charge in [0.25, 0.3) is 5.56 Å². The first-order chi connectivity index (χ1) is 8.93. The molecule has 0 amide bonds. The summed E-state index contributed by atoms with van der Waals surface area (Å²) in [5.74, 6) is 0.115. The third kappa shape index (κ3) is 5.06. The van der Waals surface area contributed by atoms with Crippen LogP contribution >= 0.6 is 11.8 Å². The van der Waals surface area contributed by atoms with Crippen molar-refractivity contribution in [2.24, 2.45) is 5.92 Å². The van der Waals surface area contributed by atoms with Gasteiger partial charge in [0.1, 0.15) is 0 Å². The summed E-state index contributed by atoms with van der Waals surface area (Å²) in [5, 5.41) is 0.391. The van der Waals surface area contributed by atoms with Crippen molar-refractivity contribution in [1.29, 1.82) is 0 Å². The molecule has 1 aromatic rings. The zero-order valence-corrected chi connectivity index (χ0v) is 12.6. The second-order valence-corrected chi connectivity index (χ2v) is 6.22. The quantitative estimate of drug-likeness (QED) is 0.590. The molecule has 0 N–H and O–H groups in total. The van der Waals surface area contributed by atoms with Crippen molar-refractivity contribution in [3.05, 3.63) is 22.7 Å². The van der Waals surface area contributed by atoms with Crippen LogP contribution in [0.1, 0.15) is 27.2 Å². The molecule has 0 radical (unpaired) electrons. The van der Waals surface area contributed by atoms with Crippen LogP contribution in [0.15, 0.2) is 22.2 Å². The lowest BCUT2D eigenvalue weighted by molar-refractivity contribution is -0.140. The molecule has 0 saturated heterocycles. The zero-order chi connectivity index (χ0) is 14.4. The van der Waals surface area contributed by atoms with Crippen molar-refractivity contribution in [1.82, 2.24) is 9.55 Å². The van der Waals surface area contributed by atoms with Crippen LogP contribution in [0.25, 0.3) is 0 Å². The number of esters is 1. The number of carbonyl (C=O) groups excluding carboxylic acids is 1. The maximum Gasteiger partial charge on any atom is 0.306 e. The monoisotopic (exact) mass is 284 g/mol. The van der Waals surface area contributed by atoms with Crippen molar-refractivity contribution in [2.75, 3.05) is 7.11 Å². The summed E-state index contributed by atoms with van der Waals surface area (Å²) >= 11 is 1.31. The lowest BCUT2D eigenvalue weighted by Gasteiger charge is -2.11. The van der Waals surface area contributed by atoms with Gasteiger partial charge in [-0.1, -0.05) is 32.5 Å². The van der Waals surface area contributed by atoms with Crippen LogP contribution in [0.2, 0.25) is 0 Å². The minimum absolute atomic E-state index is 0.0393. The third-order valence-corrected chi connectivity index (χ3v) is 3.51. The van der Waals surface area contributed by atoms with Crippen molar-refractivity contribution < 1.29 is 9.53 Å². The predicted octanol–water partition coefficient (Wildman–Crippen LogP) is 1.94. The highest BCUT2D eigenvalue weighted by Crippen LogP contribution is 2.20. The van der Waals surface area contributed by atoms with Crippen molar-refractivity contribution in [2.45, 2.75) is 44.0 Å². The molecule has 19 heavy (non-hydrogen) atoms. The van der Waals surface area contributed by atoms with E-state index in [0.29, 0.717) is 17.5 Å². The van der Waals surface area contributed by atoms with E-state index in [0.717, 1.165) is 0 Å². The summed E-state index contributed by atoms with van der Waals surface area (Å²) in [5.41, 5.74) is -0.0992. The fraction of sp³-hybridized carbons (Fsp3) is 0.615. The average Bonchev–Trinajstić information content (AvgIpc) is 2.33. The number of hydrogen-bond donors (Lipinski definition) is 0. The van der Waals surface area contributed by atoms with E-state index in [1.807, 2.05) is 6.92 Å². The van der Waals surface area contributed by atoms with Gasteiger partial charge in [-0.15, -0.1) is 0 Å². The lowest BCUT2D eigenvalue weighted by Crippen LogP contribution is -2.25. The van der Waals surface area contributed by atoms with E-state index in [2.05, 4.69) is 23.6 Å². The molecule has 0 fully saturated rings. The summed E-state index contributed by atoms with van der Waals surface area (Å²) in [6.45, 7) is 6.65. The van der Waals surface area contributed by atoms with Crippen LogP contribution in [0.3, 0.4) is 0 Å². The second kappa shape index (κ2) is 7.33. The first-order valence-corrected chi connectivity index (χ1v) is 7.11. The highest BCUT2D eigenvalue weighted by atomic mass is 32.2. The van der Waals surface area contributed by atoms with E-state index in [1.165, 1.54) is 18.9 Å². The maximum absolute atomic E-state index is 12.2. The van der Waals surface area contributed by atoms with E-state index in [1.54, 1.807) is 17.0 Å². The average molecular weight is 284 g/mol. The number of carbonyl (C=O) groups is 1. The lowest BCUT2D eigenvalue weighted by atomic mass is 10.2.